The van der Waals surface area contributed by atoms with Crippen molar-refractivity contribution in [3.8, 4) is 5.75 Å². The molecule has 2 heterocycles. The Morgan fingerprint density at radius 2 is 1.96 bits per heavy atom. The number of aromatic hydroxyl groups is 1. The van der Waals surface area contributed by atoms with Crippen LogP contribution in [0.15, 0.2) is 33.2 Å². The molecule has 2 aliphatic rings. The summed E-state index contributed by atoms with van der Waals surface area (Å²) in [6.45, 7) is 2.25. The molecule has 2 aromatic rings. The van der Waals surface area contributed by atoms with E-state index in [0.29, 0.717) is 21.9 Å². The van der Waals surface area contributed by atoms with Crippen LogP contribution in [-0.2, 0) is 22.4 Å². The molecule has 2 amide bonds. The van der Waals surface area contributed by atoms with E-state index >= 15 is 0 Å². The van der Waals surface area contributed by atoms with Crippen LogP contribution < -0.4 is 10.2 Å². The van der Waals surface area contributed by atoms with Crippen LogP contribution in [0.25, 0.3) is 0 Å². The molecule has 7 heteroatoms. The van der Waals surface area contributed by atoms with E-state index in [2.05, 4.69) is 37.2 Å². The minimum absolute atomic E-state index is 0.0175. The second-order valence-corrected chi connectivity index (χ2v) is 8.35. The number of fused-ring (bicyclic) bond motifs is 2. The fourth-order valence-electron chi connectivity index (χ4n) is 3.71. The van der Waals surface area contributed by atoms with Crippen LogP contribution >= 0.6 is 31.9 Å². The van der Waals surface area contributed by atoms with Crippen LogP contribution in [-0.4, -0.2) is 23.5 Å². The SMILES string of the molecule is CC(=O)N1CCc2cc3c(cc21)C(Cc1cc(Br)c(O)c(Br)c1)C(=O)N3. The van der Waals surface area contributed by atoms with Gasteiger partial charge in [-0.1, -0.05) is 0 Å². The number of benzene rings is 2. The van der Waals surface area contributed by atoms with Crippen molar-refractivity contribution in [1.82, 2.24) is 0 Å². The molecular formula is C19H16Br2N2O3. The Balaban J connectivity index is 1.71. The summed E-state index contributed by atoms with van der Waals surface area (Å²) in [5.74, 6) is -0.213. The monoisotopic (exact) mass is 478 g/mol. The summed E-state index contributed by atoms with van der Waals surface area (Å²) in [5, 5.41) is 12.8. The van der Waals surface area contributed by atoms with Crippen LogP contribution in [0.4, 0.5) is 11.4 Å². The highest BCUT2D eigenvalue weighted by Gasteiger charge is 2.34. The van der Waals surface area contributed by atoms with Crippen molar-refractivity contribution in [2.45, 2.75) is 25.7 Å². The summed E-state index contributed by atoms with van der Waals surface area (Å²) in [7, 11) is 0. The summed E-state index contributed by atoms with van der Waals surface area (Å²) >= 11 is 6.67. The Hall–Kier alpha value is -1.86. The third kappa shape index (κ3) is 2.83. The maximum absolute atomic E-state index is 12.6. The van der Waals surface area contributed by atoms with Crippen LogP contribution in [0.3, 0.4) is 0 Å². The number of nitrogens with one attached hydrogen (secondary N) is 1. The Kier molecular flexibility index (Phi) is 4.31. The molecule has 0 fully saturated rings. The van der Waals surface area contributed by atoms with Gasteiger partial charge in [-0.3, -0.25) is 9.59 Å². The minimum Gasteiger partial charge on any atom is -0.506 e. The molecule has 0 aliphatic carbocycles. The number of phenols is 1. The van der Waals surface area contributed by atoms with Gasteiger partial charge in [0, 0.05) is 24.8 Å². The molecule has 5 nitrogen and oxygen atoms in total. The quantitative estimate of drug-likeness (QED) is 0.681. The lowest BCUT2D eigenvalue weighted by molar-refractivity contribution is -0.117. The van der Waals surface area contributed by atoms with Gasteiger partial charge in [0.1, 0.15) is 5.75 Å². The first-order valence-electron chi connectivity index (χ1n) is 8.28. The van der Waals surface area contributed by atoms with E-state index in [-0.39, 0.29) is 23.5 Å². The molecule has 0 radical (unpaired) electrons. The number of halogens is 2. The van der Waals surface area contributed by atoms with Crippen molar-refractivity contribution >= 4 is 55.0 Å². The second-order valence-electron chi connectivity index (χ2n) is 6.64. The lowest BCUT2D eigenvalue weighted by Crippen LogP contribution is -2.25. The molecule has 0 bridgehead atoms. The van der Waals surface area contributed by atoms with Gasteiger partial charge in [-0.05, 0) is 85.7 Å². The molecule has 2 aliphatic heterocycles. The largest absolute Gasteiger partial charge is 0.506 e. The number of anilines is 2. The zero-order valence-electron chi connectivity index (χ0n) is 14.0. The van der Waals surface area contributed by atoms with Gasteiger partial charge in [-0.25, -0.2) is 0 Å². The van der Waals surface area contributed by atoms with Gasteiger partial charge in [-0.15, -0.1) is 0 Å². The summed E-state index contributed by atoms with van der Waals surface area (Å²) in [4.78, 5) is 26.2. The first kappa shape index (κ1) is 17.5. The van der Waals surface area contributed by atoms with Crippen LogP contribution in [0.5, 0.6) is 5.75 Å². The van der Waals surface area contributed by atoms with Gasteiger partial charge in [0.05, 0.1) is 14.9 Å². The number of amides is 2. The van der Waals surface area contributed by atoms with E-state index in [0.717, 1.165) is 34.5 Å². The molecule has 1 unspecified atom stereocenters. The number of carbonyl (C=O) groups excluding carboxylic acids is 2. The third-order valence-electron chi connectivity index (χ3n) is 4.99. The van der Waals surface area contributed by atoms with Crippen LogP contribution in [0.2, 0.25) is 0 Å². The van der Waals surface area contributed by atoms with Gasteiger partial charge in [-0.2, -0.15) is 0 Å². The fraction of sp³-hybridized carbons (Fsp3) is 0.263. The van der Waals surface area contributed by atoms with Gasteiger partial charge in [0.15, 0.2) is 0 Å². The van der Waals surface area contributed by atoms with Crippen molar-refractivity contribution in [3.05, 3.63) is 49.9 Å². The Labute approximate surface area is 167 Å². The molecule has 0 aromatic heterocycles. The van der Waals surface area contributed by atoms with Gasteiger partial charge >= 0.3 is 0 Å². The zero-order chi connectivity index (χ0) is 18.6. The van der Waals surface area contributed by atoms with Crippen LogP contribution in [0.1, 0.15) is 29.5 Å². The number of nitrogens with zero attached hydrogens (tertiary/aromatic N) is 1. The van der Waals surface area contributed by atoms with Gasteiger partial charge in [0.25, 0.3) is 0 Å². The molecular weight excluding hydrogens is 464 g/mol. The van der Waals surface area contributed by atoms with Crippen molar-refractivity contribution in [3.63, 3.8) is 0 Å². The molecule has 0 spiro atoms. The summed E-state index contributed by atoms with van der Waals surface area (Å²) in [6.07, 6.45) is 1.32. The van der Waals surface area contributed by atoms with E-state index in [1.807, 2.05) is 24.3 Å². The maximum Gasteiger partial charge on any atom is 0.232 e. The van der Waals surface area contributed by atoms with Gasteiger partial charge < -0.3 is 15.3 Å². The van der Waals surface area contributed by atoms with Crippen molar-refractivity contribution < 1.29 is 14.7 Å². The first-order chi connectivity index (χ1) is 12.3. The lowest BCUT2D eigenvalue weighted by atomic mass is 9.92. The third-order valence-corrected chi connectivity index (χ3v) is 6.20. The zero-order valence-corrected chi connectivity index (χ0v) is 17.1. The summed E-state index contributed by atoms with van der Waals surface area (Å²) in [6, 6.07) is 7.61. The summed E-state index contributed by atoms with van der Waals surface area (Å²) in [5.41, 5.74) is 4.68. The molecule has 0 saturated carbocycles. The number of rotatable bonds is 2. The summed E-state index contributed by atoms with van der Waals surface area (Å²) < 4.78 is 1.16. The van der Waals surface area contributed by atoms with Crippen molar-refractivity contribution in [2.75, 3.05) is 16.8 Å². The molecule has 2 aromatic carbocycles. The van der Waals surface area contributed by atoms with E-state index in [9.17, 15) is 14.7 Å². The molecule has 1 atom stereocenters. The normalized spacial score (nSPS) is 17.9. The Bertz CT molecular complexity index is 935. The fourth-order valence-corrected chi connectivity index (χ4v) is 4.99. The number of hydrogen-bond donors (Lipinski definition) is 2. The van der Waals surface area contributed by atoms with Crippen molar-refractivity contribution in [1.29, 1.82) is 0 Å². The second kappa shape index (κ2) is 6.39. The first-order valence-corrected chi connectivity index (χ1v) is 9.86. The maximum atomic E-state index is 12.6. The van der Waals surface area contributed by atoms with Gasteiger partial charge in [0.2, 0.25) is 11.8 Å². The van der Waals surface area contributed by atoms with E-state index in [1.54, 1.807) is 11.8 Å². The minimum atomic E-state index is -0.326. The number of hydrogen-bond acceptors (Lipinski definition) is 3. The average molecular weight is 480 g/mol. The number of carbonyl (C=O) groups is 2. The number of phenolic OH excluding ortho intramolecular Hbond substituents is 1. The molecule has 134 valence electrons. The predicted octanol–water partition coefficient (Wildman–Crippen LogP) is 4.10. The highest BCUT2D eigenvalue weighted by atomic mass is 79.9. The molecule has 4 rings (SSSR count). The Morgan fingerprint density at radius 3 is 2.62 bits per heavy atom. The van der Waals surface area contributed by atoms with E-state index in [1.165, 1.54) is 0 Å². The van der Waals surface area contributed by atoms with Crippen molar-refractivity contribution in [2.24, 2.45) is 0 Å². The van der Waals surface area contributed by atoms with E-state index in [4.69, 9.17) is 0 Å². The molecule has 0 saturated heterocycles. The predicted molar refractivity (Wildman–Crippen MR) is 107 cm³/mol. The molecule has 26 heavy (non-hydrogen) atoms. The van der Waals surface area contributed by atoms with Crippen LogP contribution in [0, 0.1) is 0 Å². The highest BCUT2D eigenvalue weighted by molar-refractivity contribution is 9.11. The smallest absolute Gasteiger partial charge is 0.232 e. The standard InChI is InChI=1S/C19H16Br2N2O3/c1-9(24)23-3-2-11-7-16-12(8-17(11)23)13(19(26)22-16)4-10-5-14(20)18(25)15(21)6-10/h5-8,13,25H,2-4H2,1H3,(H,22,26). The highest BCUT2D eigenvalue weighted by Crippen LogP contribution is 2.42. The molecule has 2 N–H and O–H groups in total. The Morgan fingerprint density at radius 1 is 1.27 bits per heavy atom. The topological polar surface area (TPSA) is 69.6 Å². The lowest BCUT2D eigenvalue weighted by Gasteiger charge is -2.17. The van der Waals surface area contributed by atoms with E-state index < -0.39 is 0 Å². The average Bonchev–Trinajstić information content (AvgIpc) is 3.11.